The summed E-state index contributed by atoms with van der Waals surface area (Å²) >= 11 is 0. The van der Waals surface area contributed by atoms with E-state index in [-0.39, 0.29) is 0 Å². The van der Waals surface area contributed by atoms with E-state index in [4.69, 9.17) is 4.42 Å². The van der Waals surface area contributed by atoms with Crippen LogP contribution in [0.15, 0.2) is 40.8 Å². The second-order valence-corrected chi connectivity index (χ2v) is 4.28. The van der Waals surface area contributed by atoms with E-state index in [0.29, 0.717) is 17.2 Å². The fourth-order valence-electron chi connectivity index (χ4n) is 1.73. The summed E-state index contributed by atoms with van der Waals surface area (Å²) in [7, 11) is 0. The molecule has 0 saturated heterocycles. The van der Waals surface area contributed by atoms with Crippen LogP contribution in [-0.2, 0) is 0 Å². The Labute approximate surface area is 105 Å². The fourth-order valence-corrected chi connectivity index (χ4v) is 1.73. The molecular weight excluding hydrogens is 226 g/mol. The SMILES string of the molecule is Cc1ccc(Nc2nc3nc(C)ccc3o2)cc1. The zero-order valence-electron chi connectivity index (χ0n) is 10.3. The Morgan fingerprint density at radius 2 is 1.72 bits per heavy atom. The Hall–Kier alpha value is -2.36. The summed E-state index contributed by atoms with van der Waals surface area (Å²) in [6.45, 7) is 3.98. The van der Waals surface area contributed by atoms with Gasteiger partial charge in [0.05, 0.1) is 0 Å². The fraction of sp³-hybridized carbons (Fsp3) is 0.143. The van der Waals surface area contributed by atoms with Crippen LogP contribution in [0.5, 0.6) is 0 Å². The van der Waals surface area contributed by atoms with Gasteiger partial charge in [-0.15, -0.1) is 0 Å². The van der Waals surface area contributed by atoms with E-state index in [0.717, 1.165) is 11.4 Å². The Morgan fingerprint density at radius 3 is 2.50 bits per heavy atom. The van der Waals surface area contributed by atoms with Gasteiger partial charge in [0, 0.05) is 11.4 Å². The van der Waals surface area contributed by atoms with Crippen molar-refractivity contribution in [3.05, 3.63) is 47.7 Å². The zero-order chi connectivity index (χ0) is 12.5. The predicted molar refractivity (Wildman–Crippen MR) is 71.0 cm³/mol. The van der Waals surface area contributed by atoms with Crippen LogP contribution in [0, 0.1) is 13.8 Å². The third-order valence-electron chi connectivity index (χ3n) is 2.70. The molecule has 0 unspecified atom stereocenters. The number of nitrogens with zero attached hydrogens (tertiary/aromatic N) is 2. The lowest BCUT2D eigenvalue weighted by molar-refractivity contribution is 0.623. The van der Waals surface area contributed by atoms with Gasteiger partial charge in [-0.2, -0.15) is 4.98 Å². The molecule has 0 radical (unpaired) electrons. The lowest BCUT2D eigenvalue weighted by Crippen LogP contribution is -1.89. The first-order chi connectivity index (χ1) is 8.70. The first kappa shape index (κ1) is 10.8. The molecule has 0 fully saturated rings. The molecule has 0 aliphatic rings. The van der Waals surface area contributed by atoms with Crippen molar-refractivity contribution in [2.75, 3.05) is 5.32 Å². The molecule has 0 bridgehead atoms. The molecular formula is C14H13N3O. The molecule has 3 aromatic rings. The van der Waals surface area contributed by atoms with Crippen molar-refractivity contribution in [1.29, 1.82) is 0 Å². The summed E-state index contributed by atoms with van der Waals surface area (Å²) in [4.78, 5) is 8.61. The summed E-state index contributed by atoms with van der Waals surface area (Å²) < 4.78 is 5.57. The van der Waals surface area contributed by atoms with Gasteiger partial charge in [0.2, 0.25) is 5.65 Å². The Morgan fingerprint density at radius 1 is 0.944 bits per heavy atom. The molecule has 4 heteroatoms. The smallest absolute Gasteiger partial charge is 0.301 e. The third kappa shape index (κ3) is 2.05. The number of anilines is 2. The minimum absolute atomic E-state index is 0.465. The molecule has 0 aliphatic heterocycles. The highest BCUT2D eigenvalue weighted by atomic mass is 16.4. The summed E-state index contributed by atoms with van der Waals surface area (Å²) in [5.74, 6) is 0. The first-order valence-electron chi connectivity index (χ1n) is 5.78. The van der Waals surface area contributed by atoms with Gasteiger partial charge in [-0.1, -0.05) is 17.7 Å². The normalized spacial score (nSPS) is 10.8. The minimum atomic E-state index is 0.465. The summed E-state index contributed by atoms with van der Waals surface area (Å²) in [5.41, 5.74) is 4.41. The van der Waals surface area contributed by atoms with Gasteiger partial charge < -0.3 is 9.73 Å². The number of oxazole rings is 1. The number of pyridine rings is 1. The number of nitrogens with one attached hydrogen (secondary N) is 1. The van der Waals surface area contributed by atoms with Crippen molar-refractivity contribution in [3.8, 4) is 0 Å². The molecule has 0 saturated carbocycles. The van der Waals surface area contributed by atoms with Crippen LogP contribution < -0.4 is 5.32 Å². The monoisotopic (exact) mass is 239 g/mol. The van der Waals surface area contributed by atoms with Crippen molar-refractivity contribution >= 4 is 22.9 Å². The molecule has 0 amide bonds. The summed E-state index contributed by atoms with van der Waals surface area (Å²) in [6, 6.07) is 12.3. The number of rotatable bonds is 2. The molecule has 1 aromatic carbocycles. The van der Waals surface area contributed by atoms with Gasteiger partial charge in [-0.25, -0.2) is 4.98 Å². The maximum atomic E-state index is 5.57. The van der Waals surface area contributed by atoms with Crippen molar-refractivity contribution in [2.45, 2.75) is 13.8 Å². The highest BCUT2D eigenvalue weighted by Gasteiger charge is 2.06. The van der Waals surface area contributed by atoms with Gasteiger partial charge in [-0.05, 0) is 38.1 Å². The molecule has 0 aliphatic carbocycles. The highest BCUT2D eigenvalue weighted by Crippen LogP contribution is 2.21. The van der Waals surface area contributed by atoms with Crippen LogP contribution in [0.1, 0.15) is 11.3 Å². The number of hydrogen-bond acceptors (Lipinski definition) is 4. The summed E-state index contributed by atoms with van der Waals surface area (Å²) in [5, 5.41) is 3.12. The second kappa shape index (κ2) is 4.14. The van der Waals surface area contributed by atoms with Crippen molar-refractivity contribution in [1.82, 2.24) is 9.97 Å². The Kier molecular flexibility index (Phi) is 2.48. The summed E-state index contributed by atoms with van der Waals surface area (Å²) in [6.07, 6.45) is 0. The van der Waals surface area contributed by atoms with Gasteiger partial charge in [0.15, 0.2) is 5.58 Å². The quantitative estimate of drug-likeness (QED) is 0.742. The van der Waals surface area contributed by atoms with E-state index in [1.807, 2.05) is 43.3 Å². The van der Waals surface area contributed by atoms with Crippen molar-refractivity contribution in [2.24, 2.45) is 0 Å². The van der Waals surface area contributed by atoms with Crippen molar-refractivity contribution < 1.29 is 4.42 Å². The molecule has 2 aromatic heterocycles. The van der Waals surface area contributed by atoms with Crippen molar-refractivity contribution in [3.63, 3.8) is 0 Å². The van der Waals surface area contributed by atoms with Crippen LogP contribution in [-0.4, -0.2) is 9.97 Å². The molecule has 1 N–H and O–H groups in total. The van der Waals surface area contributed by atoms with Crippen LogP contribution in [0.2, 0.25) is 0 Å². The minimum Gasteiger partial charge on any atom is -0.422 e. The molecule has 2 heterocycles. The number of aromatic nitrogens is 2. The van der Waals surface area contributed by atoms with Gasteiger partial charge >= 0.3 is 6.01 Å². The maximum Gasteiger partial charge on any atom is 0.301 e. The van der Waals surface area contributed by atoms with Crippen LogP contribution in [0.25, 0.3) is 11.2 Å². The number of hydrogen-bond donors (Lipinski definition) is 1. The van der Waals surface area contributed by atoms with Crippen LogP contribution >= 0.6 is 0 Å². The van der Waals surface area contributed by atoms with Gasteiger partial charge in [-0.3, -0.25) is 0 Å². The zero-order valence-corrected chi connectivity index (χ0v) is 10.3. The van der Waals surface area contributed by atoms with E-state index in [2.05, 4.69) is 22.2 Å². The maximum absolute atomic E-state index is 5.57. The Bertz CT molecular complexity index is 686. The number of aryl methyl sites for hydroxylation is 2. The first-order valence-corrected chi connectivity index (χ1v) is 5.78. The van der Waals surface area contributed by atoms with Gasteiger partial charge in [0.1, 0.15) is 0 Å². The molecule has 3 rings (SSSR count). The molecule has 0 atom stereocenters. The van der Waals surface area contributed by atoms with E-state index in [1.165, 1.54) is 5.56 Å². The largest absolute Gasteiger partial charge is 0.422 e. The number of fused-ring (bicyclic) bond motifs is 1. The van der Waals surface area contributed by atoms with E-state index in [9.17, 15) is 0 Å². The number of benzene rings is 1. The second-order valence-electron chi connectivity index (χ2n) is 4.28. The predicted octanol–water partition coefficient (Wildman–Crippen LogP) is 3.58. The van der Waals surface area contributed by atoms with Crippen LogP contribution in [0.4, 0.5) is 11.7 Å². The molecule has 4 nitrogen and oxygen atoms in total. The lowest BCUT2D eigenvalue weighted by atomic mass is 10.2. The average Bonchev–Trinajstić information content (AvgIpc) is 2.73. The van der Waals surface area contributed by atoms with E-state index in [1.54, 1.807) is 0 Å². The Balaban J connectivity index is 1.92. The van der Waals surface area contributed by atoms with E-state index >= 15 is 0 Å². The van der Waals surface area contributed by atoms with E-state index < -0.39 is 0 Å². The molecule has 0 spiro atoms. The average molecular weight is 239 g/mol. The molecule has 90 valence electrons. The molecule has 18 heavy (non-hydrogen) atoms. The van der Waals surface area contributed by atoms with Crippen LogP contribution in [0.3, 0.4) is 0 Å². The third-order valence-corrected chi connectivity index (χ3v) is 2.70. The standard InChI is InChI=1S/C14H13N3O/c1-9-3-6-11(7-4-9)16-14-17-13-12(18-14)8-5-10(2)15-13/h3-8H,1-2H3,(H,15,16,17). The lowest BCUT2D eigenvalue weighted by Gasteiger charge is -2.00. The topological polar surface area (TPSA) is 51.0 Å². The van der Waals surface area contributed by atoms with Gasteiger partial charge in [0.25, 0.3) is 0 Å². The highest BCUT2D eigenvalue weighted by molar-refractivity contribution is 5.71.